The largest absolute Gasteiger partial charge is 0.453 e. The lowest BCUT2D eigenvalue weighted by molar-refractivity contribution is -0.130. The van der Waals surface area contributed by atoms with E-state index in [9.17, 15) is 9.59 Å². The molecule has 2 unspecified atom stereocenters. The lowest BCUT2D eigenvalue weighted by Crippen LogP contribution is -2.40. The van der Waals surface area contributed by atoms with E-state index in [1.165, 1.54) is 26.4 Å². The van der Waals surface area contributed by atoms with Gasteiger partial charge in [-0.15, -0.1) is 12.8 Å². The Kier molecular flexibility index (Phi) is 8.49. The van der Waals surface area contributed by atoms with Crippen molar-refractivity contribution in [3.63, 3.8) is 0 Å². The number of amides is 2. The third kappa shape index (κ3) is 5.76. The molecule has 6 heteroatoms. The Morgan fingerprint density at radius 3 is 2.30 bits per heavy atom. The number of ether oxygens (including phenoxy) is 2. The molecule has 130 valence electrons. The summed E-state index contributed by atoms with van der Waals surface area (Å²) >= 11 is 0. The molecule has 0 radical (unpaired) electrons. The van der Waals surface area contributed by atoms with Crippen molar-refractivity contribution in [2.24, 2.45) is 11.8 Å². The maximum atomic E-state index is 11.7. The van der Waals surface area contributed by atoms with Gasteiger partial charge in [0, 0.05) is 25.8 Å². The molecule has 0 spiro atoms. The first-order chi connectivity index (χ1) is 11.1. The molecule has 0 aromatic heterocycles. The van der Waals surface area contributed by atoms with E-state index in [0.29, 0.717) is 17.9 Å². The summed E-state index contributed by atoms with van der Waals surface area (Å²) in [7, 11) is 1.29. The van der Waals surface area contributed by atoms with Gasteiger partial charge in [0.25, 0.3) is 0 Å². The zero-order valence-corrected chi connectivity index (χ0v) is 14.1. The van der Waals surface area contributed by atoms with Gasteiger partial charge in [-0.05, 0) is 37.5 Å². The van der Waals surface area contributed by atoms with Crippen LogP contribution in [0.5, 0.6) is 0 Å². The predicted molar refractivity (Wildman–Crippen MR) is 87.7 cm³/mol. The minimum absolute atomic E-state index is 0.00255. The number of rotatable bonds is 2. The van der Waals surface area contributed by atoms with Gasteiger partial charge in [0.15, 0.2) is 0 Å². The first-order valence-corrected chi connectivity index (χ1v) is 8.17. The van der Waals surface area contributed by atoms with Crippen LogP contribution in [0.25, 0.3) is 0 Å². The second kappa shape index (κ2) is 10.1. The highest BCUT2D eigenvalue weighted by molar-refractivity contribution is 5.83. The first kappa shape index (κ1) is 19.3. The van der Waals surface area contributed by atoms with Crippen molar-refractivity contribution >= 4 is 12.0 Å². The van der Waals surface area contributed by atoms with Crippen molar-refractivity contribution in [1.82, 2.24) is 10.2 Å². The third-order valence-corrected chi connectivity index (χ3v) is 4.54. The molecule has 3 rings (SSSR count). The second-order valence-corrected chi connectivity index (χ2v) is 5.91. The number of piperidine rings is 1. The maximum Gasteiger partial charge on any atom is 0.407 e. The monoisotopic (exact) mass is 324 g/mol. The summed E-state index contributed by atoms with van der Waals surface area (Å²) in [5, 5.41) is 2.41. The van der Waals surface area contributed by atoms with Crippen molar-refractivity contribution in [2.75, 3.05) is 33.4 Å². The van der Waals surface area contributed by atoms with Gasteiger partial charge < -0.3 is 19.7 Å². The van der Waals surface area contributed by atoms with Crippen LogP contribution >= 0.6 is 0 Å². The van der Waals surface area contributed by atoms with E-state index in [1.807, 2.05) is 4.90 Å². The molecule has 3 atom stereocenters. The number of hydrogen-bond acceptors (Lipinski definition) is 4. The van der Waals surface area contributed by atoms with E-state index >= 15 is 0 Å². The molecule has 0 bridgehead atoms. The number of fused-ring (bicyclic) bond motifs is 1. The lowest BCUT2D eigenvalue weighted by atomic mass is 10.2. The van der Waals surface area contributed by atoms with Crippen LogP contribution in [0.15, 0.2) is 0 Å². The average molecular weight is 324 g/mol. The number of alkyl carbamates (subject to hydrolysis) is 1. The summed E-state index contributed by atoms with van der Waals surface area (Å²) in [6.45, 7) is 5.05. The molecule has 0 aromatic rings. The Labute approximate surface area is 138 Å². The zero-order valence-electron chi connectivity index (χ0n) is 14.1. The van der Waals surface area contributed by atoms with Crippen LogP contribution in [0.3, 0.4) is 0 Å². The third-order valence-electron chi connectivity index (χ3n) is 4.54. The van der Waals surface area contributed by atoms with E-state index in [2.05, 4.69) is 29.8 Å². The minimum Gasteiger partial charge on any atom is -0.453 e. The fraction of sp³-hybridized carbons (Fsp3) is 0.765. The van der Waals surface area contributed by atoms with Gasteiger partial charge in [-0.3, -0.25) is 4.79 Å². The number of hydrogen-bond donors (Lipinski definition) is 1. The van der Waals surface area contributed by atoms with Crippen molar-refractivity contribution in [2.45, 2.75) is 38.6 Å². The number of carbonyl (C=O) groups excluding carboxylic acids is 2. The Balaban J connectivity index is 0.000000276. The van der Waals surface area contributed by atoms with Crippen LogP contribution in [0.1, 0.15) is 32.6 Å². The van der Waals surface area contributed by atoms with Crippen molar-refractivity contribution < 1.29 is 19.1 Å². The van der Waals surface area contributed by atoms with Gasteiger partial charge in [0.05, 0.1) is 7.11 Å². The maximum absolute atomic E-state index is 11.7. The summed E-state index contributed by atoms with van der Waals surface area (Å²) < 4.78 is 9.47. The summed E-state index contributed by atoms with van der Waals surface area (Å²) in [6, 6.07) is 0.428. The number of nitrogens with zero attached hydrogens (tertiary/aromatic N) is 1. The van der Waals surface area contributed by atoms with Gasteiger partial charge >= 0.3 is 6.09 Å². The lowest BCUT2D eigenvalue weighted by Gasteiger charge is -2.19. The van der Waals surface area contributed by atoms with Crippen molar-refractivity contribution in [3.8, 4) is 12.8 Å². The molecule has 2 heterocycles. The molecule has 3 aliphatic rings. The van der Waals surface area contributed by atoms with E-state index in [4.69, 9.17) is 4.74 Å². The number of methoxy groups -OCH3 is 1. The van der Waals surface area contributed by atoms with Crippen LogP contribution in [0.2, 0.25) is 0 Å². The Hall–Kier alpha value is -1.74. The summed E-state index contributed by atoms with van der Waals surface area (Å²) in [5.74, 6) is 1.34. The summed E-state index contributed by atoms with van der Waals surface area (Å²) in [4.78, 5) is 24.4. The quantitative estimate of drug-likeness (QED) is 0.784. The van der Waals surface area contributed by atoms with Gasteiger partial charge in [-0.25, -0.2) is 4.79 Å². The van der Waals surface area contributed by atoms with Crippen LogP contribution in [-0.4, -0.2) is 56.4 Å². The van der Waals surface area contributed by atoms with Crippen molar-refractivity contribution in [3.05, 3.63) is 0 Å². The molecule has 1 aliphatic carbocycles. The highest BCUT2D eigenvalue weighted by Gasteiger charge is 2.55. The highest BCUT2D eigenvalue weighted by Crippen LogP contribution is 2.50. The van der Waals surface area contributed by atoms with Crippen LogP contribution in [0.4, 0.5) is 4.79 Å². The molecule has 0 aromatic carbocycles. The molecule has 3 fully saturated rings. The normalized spacial score (nSPS) is 27.3. The average Bonchev–Trinajstić information content (AvgIpc) is 3.05. The molecular weight excluding hydrogens is 296 g/mol. The molecule has 1 N–H and O–H groups in total. The van der Waals surface area contributed by atoms with Crippen LogP contribution in [0, 0.1) is 24.7 Å². The topological polar surface area (TPSA) is 67.9 Å². The number of terminal acetylenes is 1. The number of likely N-dealkylation sites (tertiary alicyclic amines) is 1. The molecule has 1 saturated carbocycles. The van der Waals surface area contributed by atoms with Gasteiger partial charge in [-0.2, -0.15) is 0 Å². The molecule has 6 nitrogen and oxygen atoms in total. The van der Waals surface area contributed by atoms with E-state index in [1.54, 1.807) is 0 Å². The Morgan fingerprint density at radius 1 is 1.26 bits per heavy atom. The molecule has 2 amide bonds. The SMILES string of the molecule is C#C.C1CCOCC1.COC(=O)NCC(=O)N1CCC2C1[C@@H]2C. The van der Waals surface area contributed by atoms with Gasteiger partial charge in [-0.1, -0.05) is 6.92 Å². The summed E-state index contributed by atoms with van der Waals surface area (Å²) in [6.07, 6.45) is 12.5. The summed E-state index contributed by atoms with van der Waals surface area (Å²) in [5.41, 5.74) is 0. The molecule has 2 aliphatic heterocycles. The Bertz CT molecular complexity index is 395. The predicted octanol–water partition coefficient (Wildman–Crippen LogP) is 1.65. The van der Waals surface area contributed by atoms with Gasteiger partial charge in [0.2, 0.25) is 5.91 Å². The molecule has 23 heavy (non-hydrogen) atoms. The standard InChI is InChI=1S/C10H16N2O3.C5H10O.C2H2/c1-6-7-3-4-12(9(6)7)8(13)5-11-10(14)15-2;1-2-4-6-5-3-1;1-2/h6-7,9H,3-5H2,1-2H3,(H,11,14);1-5H2;1-2H/t6-,7?,9?;;/m1../s1. The fourth-order valence-corrected chi connectivity index (χ4v) is 3.21. The zero-order chi connectivity index (χ0) is 17.2. The minimum atomic E-state index is -0.553. The molecular formula is C17H28N2O4. The van der Waals surface area contributed by atoms with Gasteiger partial charge in [0.1, 0.15) is 6.54 Å². The second-order valence-electron chi connectivity index (χ2n) is 5.91. The number of nitrogens with one attached hydrogen (secondary N) is 1. The molecule has 2 saturated heterocycles. The van der Waals surface area contributed by atoms with Crippen LogP contribution in [-0.2, 0) is 14.3 Å². The Morgan fingerprint density at radius 2 is 1.91 bits per heavy atom. The smallest absolute Gasteiger partial charge is 0.407 e. The fourth-order valence-electron chi connectivity index (χ4n) is 3.21. The number of carbonyl (C=O) groups is 2. The van der Waals surface area contributed by atoms with E-state index in [0.717, 1.165) is 26.2 Å². The van der Waals surface area contributed by atoms with E-state index in [-0.39, 0.29) is 12.5 Å². The highest BCUT2D eigenvalue weighted by atomic mass is 16.5. The van der Waals surface area contributed by atoms with Crippen molar-refractivity contribution in [1.29, 1.82) is 0 Å². The van der Waals surface area contributed by atoms with Crippen LogP contribution < -0.4 is 5.32 Å². The first-order valence-electron chi connectivity index (χ1n) is 8.17. The van der Waals surface area contributed by atoms with E-state index < -0.39 is 6.09 Å².